The van der Waals surface area contributed by atoms with Gasteiger partial charge in [-0.3, -0.25) is 4.79 Å². The van der Waals surface area contributed by atoms with Gasteiger partial charge in [-0.2, -0.15) is 0 Å². The smallest absolute Gasteiger partial charge is 0.192 e. The van der Waals surface area contributed by atoms with E-state index in [1.54, 1.807) is 6.08 Å². The second kappa shape index (κ2) is 8.49. The molecule has 0 heterocycles. The van der Waals surface area contributed by atoms with Crippen LogP contribution in [0.1, 0.15) is 47.0 Å². The first-order chi connectivity index (χ1) is 8.70. The number of rotatable bonds is 8. The summed E-state index contributed by atoms with van der Waals surface area (Å²) < 4.78 is 6.30. The van der Waals surface area contributed by atoms with Gasteiger partial charge in [-0.05, 0) is 50.4 Å². The van der Waals surface area contributed by atoms with E-state index in [0.29, 0.717) is 6.10 Å². The maximum Gasteiger partial charge on any atom is 0.192 e. The van der Waals surface area contributed by atoms with Crippen molar-refractivity contribution in [1.29, 1.82) is 0 Å². The molecular weight excluding hydrogens is 252 g/mol. The highest BCUT2D eigenvalue weighted by Gasteiger charge is 2.38. The maximum absolute atomic E-state index is 10.1. The van der Waals surface area contributed by atoms with E-state index >= 15 is 0 Å². The molecule has 0 N–H and O–H groups in total. The Hall–Kier alpha value is -0.673. The van der Waals surface area contributed by atoms with E-state index in [1.165, 1.54) is 6.08 Å². The number of aldehydes is 1. The van der Waals surface area contributed by atoms with Gasteiger partial charge in [0.2, 0.25) is 0 Å². The summed E-state index contributed by atoms with van der Waals surface area (Å²) in [5.74, 6) is 0. The highest BCUT2D eigenvalue weighted by Crippen LogP contribution is 2.37. The SMILES string of the molecule is C[C@H](CCC/C=C/C=C/C=O)O[Si](C)(C)C(C)(C)C. The van der Waals surface area contributed by atoms with Crippen molar-refractivity contribution in [3.05, 3.63) is 24.3 Å². The van der Waals surface area contributed by atoms with Crippen molar-refractivity contribution in [1.82, 2.24) is 0 Å². The number of allylic oxidation sites excluding steroid dienone is 4. The lowest BCUT2D eigenvalue weighted by molar-refractivity contribution is -0.104. The molecule has 0 aromatic carbocycles. The van der Waals surface area contributed by atoms with Gasteiger partial charge in [0.1, 0.15) is 6.29 Å². The van der Waals surface area contributed by atoms with Gasteiger partial charge in [0.15, 0.2) is 8.32 Å². The van der Waals surface area contributed by atoms with Crippen molar-refractivity contribution in [2.24, 2.45) is 0 Å². The monoisotopic (exact) mass is 282 g/mol. The molecule has 0 fully saturated rings. The van der Waals surface area contributed by atoms with Crippen molar-refractivity contribution >= 4 is 14.6 Å². The first kappa shape index (κ1) is 18.3. The lowest BCUT2D eigenvalue weighted by Gasteiger charge is -2.38. The van der Waals surface area contributed by atoms with E-state index in [2.05, 4.69) is 46.9 Å². The second-order valence-electron chi connectivity index (χ2n) is 6.57. The largest absolute Gasteiger partial charge is 0.414 e. The molecule has 0 aromatic heterocycles. The maximum atomic E-state index is 10.1. The van der Waals surface area contributed by atoms with E-state index in [4.69, 9.17) is 4.43 Å². The Bertz CT molecular complexity index is 311. The summed E-state index contributed by atoms with van der Waals surface area (Å²) in [4.78, 5) is 10.1. The van der Waals surface area contributed by atoms with Crippen molar-refractivity contribution < 1.29 is 9.22 Å². The molecule has 19 heavy (non-hydrogen) atoms. The Morgan fingerprint density at radius 1 is 1.16 bits per heavy atom. The third-order valence-corrected chi connectivity index (χ3v) is 8.32. The Morgan fingerprint density at radius 2 is 1.79 bits per heavy atom. The zero-order valence-corrected chi connectivity index (χ0v) is 14.4. The van der Waals surface area contributed by atoms with Gasteiger partial charge in [-0.15, -0.1) is 0 Å². The van der Waals surface area contributed by atoms with Gasteiger partial charge in [-0.1, -0.05) is 39.0 Å². The number of unbranched alkanes of at least 4 members (excludes halogenated alkanes) is 1. The number of hydrogen-bond acceptors (Lipinski definition) is 2. The first-order valence-electron chi connectivity index (χ1n) is 7.15. The van der Waals surface area contributed by atoms with Crippen LogP contribution >= 0.6 is 0 Å². The quantitative estimate of drug-likeness (QED) is 0.208. The van der Waals surface area contributed by atoms with Crippen LogP contribution in [0.25, 0.3) is 0 Å². The Morgan fingerprint density at radius 3 is 2.32 bits per heavy atom. The van der Waals surface area contributed by atoms with E-state index in [1.807, 2.05) is 6.08 Å². The van der Waals surface area contributed by atoms with Crippen molar-refractivity contribution in [3.8, 4) is 0 Å². The molecule has 0 aliphatic carbocycles. The van der Waals surface area contributed by atoms with Gasteiger partial charge < -0.3 is 4.43 Å². The van der Waals surface area contributed by atoms with Crippen LogP contribution in [-0.4, -0.2) is 20.7 Å². The molecule has 0 unspecified atom stereocenters. The summed E-state index contributed by atoms with van der Waals surface area (Å²) in [5, 5.41) is 0.279. The molecule has 0 saturated carbocycles. The van der Waals surface area contributed by atoms with Gasteiger partial charge in [0.25, 0.3) is 0 Å². The first-order valence-corrected chi connectivity index (χ1v) is 10.1. The molecule has 0 aliphatic heterocycles. The summed E-state index contributed by atoms with van der Waals surface area (Å²) >= 11 is 0. The number of carbonyl (C=O) groups excluding carboxylic acids is 1. The van der Waals surface area contributed by atoms with Crippen molar-refractivity contribution in [2.45, 2.75) is 71.2 Å². The predicted octanol–water partition coefficient (Wildman–Crippen LogP) is 4.88. The molecular formula is C16H30O2Si. The Balaban J connectivity index is 3.94. The van der Waals surface area contributed by atoms with Gasteiger partial charge in [-0.25, -0.2) is 0 Å². The number of carbonyl (C=O) groups is 1. The van der Waals surface area contributed by atoms with Gasteiger partial charge in [0, 0.05) is 6.10 Å². The minimum absolute atomic E-state index is 0.279. The van der Waals surface area contributed by atoms with Gasteiger partial charge in [0.05, 0.1) is 0 Å². The van der Waals surface area contributed by atoms with Crippen LogP contribution < -0.4 is 0 Å². The summed E-state index contributed by atoms with van der Waals surface area (Å²) in [7, 11) is -1.62. The third kappa shape index (κ3) is 8.17. The van der Waals surface area contributed by atoms with E-state index in [-0.39, 0.29) is 5.04 Å². The molecule has 0 bridgehead atoms. The molecule has 0 radical (unpaired) electrons. The average molecular weight is 282 g/mol. The predicted molar refractivity (Wildman–Crippen MR) is 85.9 cm³/mol. The highest BCUT2D eigenvalue weighted by atomic mass is 28.4. The van der Waals surface area contributed by atoms with Gasteiger partial charge >= 0.3 is 0 Å². The third-order valence-electron chi connectivity index (χ3n) is 3.72. The fraction of sp³-hybridized carbons (Fsp3) is 0.688. The molecule has 0 spiro atoms. The highest BCUT2D eigenvalue weighted by molar-refractivity contribution is 6.74. The molecule has 0 amide bonds. The molecule has 0 rings (SSSR count). The molecule has 2 nitrogen and oxygen atoms in total. The molecule has 0 aliphatic rings. The minimum Gasteiger partial charge on any atom is -0.414 e. The molecule has 0 saturated heterocycles. The topological polar surface area (TPSA) is 26.3 Å². The van der Waals surface area contributed by atoms with E-state index in [0.717, 1.165) is 25.5 Å². The summed E-state index contributed by atoms with van der Waals surface area (Å²) in [6.07, 6.45) is 11.7. The standard InChI is InChI=1S/C16H30O2Si/c1-15(18-19(5,6)16(2,3)4)13-11-9-7-8-10-12-14-17/h7-8,10,12,14-15H,9,11,13H2,1-6H3/b8-7+,12-10+/t15-/m1/s1. The normalized spacial score (nSPS) is 15.3. The second-order valence-corrected chi connectivity index (χ2v) is 11.3. The fourth-order valence-corrected chi connectivity index (χ4v) is 3.02. The van der Waals surface area contributed by atoms with Crippen LogP contribution in [0.15, 0.2) is 24.3 Å². The van der Waals surface area contributed by atoms with Crippen LogP contribution in [-0.2, 0) is 9.22 Å². The van der Waals surface area contributed by atoms with E-state index < -0.39 is 8.32 Å². The van der Waals surface area contributed by atoms with Crippen LogP contribution in [0.5, 0.6) is 0 Å². The Labute approximate surface area is 120 Å². The Kier molecular flexibility index (Phi) is 8.19. The van der Waals surface area contributed by atoms with Crippen LogP contribution in [0.2, 0.25) is 18.1 Å². The molecule has 110 valence electrons. The zero-order chi connectivity index (χ0) is 14.9. The lowest BCUT2D eigenvalue weighted by atomic mass is 10.1. The summed E-state index contributed by atoms with van der Waals surface area (Å²) in [5.41, 5.74) is 0. The van der Waals surface area contributed by atoms with Crippen LogP contribution in [0.4, 0.5) is 0 Å². The minimum atomic E-state index is -1.62. The fourth-order valence-electron chi connectivity index (χ4n) is 1.55. The molecule has 1 atom stereocenters. The van der Waals surface area contributed by atoms with Crippen molar-refractivity contribution in [2.75, 3.05) is 0 Å². The van der Waals surface area contributed by atoms with Crippen LogP contribution in [0, 0.1) is 0 Å². The lowest BCUT2D eigenvalue weighted by Crippen LogP contribution is -2.43. The molecule has 0 aromatic rings. The van der Waals surface area contributed by atoms with Crippen molar-refractivity contribution in [3.63, 3.8) is 0 Å². The summed E-state index contributed by atoms with van der Waals surface area (Å²) in [6, 6.07) is 0. The summed E-state index contributed by atoms with van der Waals surface area (Å²) in [6.45, 7) is 13.6. The van der Waals surface area contributed by atoms with E-state index in [9.17, 15) is 4.79 Å². The van der Waals surface area contributed by atoms with Crippen LogP contribution in [0.3, 0.4) is 0 Å². The zero-order valence-electron chi connectivity index (χ0n) is 13.4. The average Bonchev–Trinajstić information content (AvgIpc) is 2.25. The molecule has 3 heteroatoms. The number of hydrogen-bond donors (Lipinski definition) is 0.